The van der Waals surface area contributed by atoms with E-state index in [9.17, 15) is 19.4 Å². The lowest BCUT2D eigenvalue weighted by molar-refractivity contribution is -0.124. The summed E-state index contributed by atoms with van der Waals surface area (Å²) in [5.41, 5.74) is 5.55. The van der Waals surface area contributed by atoms with Gasteiger partial charge in [0.2, 0.25) is 0 Å². The number of phosphoric acid groups is 1. The molecular weight excluding hydrogens is 333 g/mol. The molecule has 0 radical (unpaired) electrons. The van der Waals surface area contributed by atoms with E-state index in [1.165, 1.54) is 11.2 Å². The Morgan fingerprint density at radius 2 is 2.30 bits per heavy atom. The molecule has 2 fully saturated rings. The van der Waals surface area contributed by atoms with Crippen LogP contribution in [-0.2, 0) is 23.1 Å². The van der Waals surface area contributed by atoms with Crippen LogP contribution in [-0.4, -0.2) is 76.5 Å². The van der Waals surface area contributed by atoms with Gasteiger partial charge in [0.1, 0.15) is 18.3 Å². The zero-order chi connectivity index (χ0) is 16.4. The summed E-state index contributed by atoms with van der Waals surface area (Å²) in [4.78, 5) is 30.8. The first-order valence-electron chi connectivity index (χ1n) is 6.80. The number of guanidine groups is 1. The molecule has 4 aliphatic heterocycles. The largest absolute Gasteiger partial charge is 0.472 e. The summed E-state index contributed by atoms with van der Waals surface area (Å²) in [6.45, 7) is -0.197. The number of hydrogen-bond donors (Lipinski definition) is 4. The number of amides is 1. The van der Waals surface area contributed by atoms with Crippen LogP contribution >= 0.6 is 7.82 Å². The lowest BCUT2D eigenvalue weighted by Crippen LogP contribution is -2.57. The monoisotopic (exact) mass is 347 g/mol. The summed E-state index contributed by atoms with van der Waals surface area (Å²) in [5.74, 6) is -0.471. The number of nitrogens with one attached hydrogen (secondary N) is 1. The average molecular weight is 347 g/mol. The lowest BCUT2D eigenvalue weighted by atomic mass is 10.1. The van der Waals surface area contributed by atoms with E-state index in [4.69, 9.17) is 15.0 Å². The number of carbonyl (C=O) groups is 1. The van der Waals surface area contributed by atoms with Crippen molar-refractivity contribution in [2.45, 2.75) is 36.7 Å². The van der Waals surface area contributed by atoms with Crippen LogP contribution < -0.4 is 11.1 Å². The lowest BCUT2D eigenvalue weighted by Gasteiger charge is -2.32. The first-order valence-corrected chi connectivity index (χ1v) is 8.29. The number of rotatable bonds is 1. The number of hydrogen-bond acceptors (Lipinski definition) is 10. The van der Waals surface area contributed by atoms with Crippen molar-refractivity contribution in [3.63, 3.8) is 0 Å². The number of phosphoric ester groups is 1. The van der Waals surface area contributed by atoms with E-state index in [0.29, 0.717) is 0 Å². The summed E-state index contributed by atoms with van der Waals surface area (Å²) < 4.78 is 26.7. The Bertz CT molecular complexity index is 656. The van der Waals surface area contributed by atoms with Crippen LogP contribution in [0.5, 0.6) is 0 Å². The van der Waals surface area contributed by atoms with E-state index in [-0.39, 0.29) is 12.6 Å². The second kappa shape index (κ2) is 4.97. The molecule has 0 bridgehead atoms. The van der Waals surface area contributed by atoms with E-state index in [1.54, 1.807) is 0 Å². The highest BCUT2D eigenvalue weighted by Crippen LogP contribution is 2.51. The Hall–Kier alpha value is -1.56. The van der Waals surface area contributed by atoms with Crippen molar-refractivity contribution in [2.24, 2.45) is 15.7 Å². The topological polar surface area (TPSA) is 168 Å². The molecule has 4 rings (SSSR count). The molecule has 0 aromatic heterocycles. The second-order valence-electron chi connectivity index (χ2n) is 5.46. The summed E-state index contributed by atoms with van der Waals surface area (Å²) in [6, 6.07) is -0.804. The van der Waals surface area contributed by atoms with Crippen LogP contribution in [0.3, 0.4) is 0 Å². The Morgan fingerprint density at radius 1 is 1.52 bits per heavy atom. The molecule has 1 amide bonds. The number of nitrogens with two attached hydrogens (primary N) is 1. The number of fused-ring (bicyclic) bond motifs is 2. The molecule has 0 aliphatic carbocycles. The van der Waals surface area contributed by atoms with Gasteiger partial charge in [0.15, 0.2) is 24.4 Å². The highest BCUT2D eigenvalue weighted by molar-refractivity contribution is 7.47. The van der Waals surface area contributed by atoms with Gasteiger partial charge in [0.25, 0.3) is 5.91 Å². The molecule has 2 saturated heterocycles. The molecule has 4 unspecified atom stereocenters. The SMILES string of the molecule is NC1=NC2C(N=CN2[C@@H]2OC3COP(=O)(O)O[C@H]3[C@H]2O)C(=O)N1. The van der Waals surface area contributed by atoms with Crippen molar-refractivity contribution in [1.82, 2.24) is 10.2 Å². The van der Waals surface area contributed by atoms with Crippen LogP contribution in [0.1, 0.15) is 0 Å². The van der Waals surface area contributed by atoms with Crippen LogP contribution in [0.15, 0.2) is 9.98 Å². The minimum atomic E-state index is -4.20. The van der Waals surface area contributed by atoms with Crippen LogP contribution in [0.25, 0.3) is 0 Å². The van der Waals surface area contributed by atoms with Crippen LogP contribution in [0.2, 0.25) is 0 Å². The average Bonchev–Trinajstić information content (AvgIpc) is 3.00. The fourth-order valence-corrected chi connectivity index (χ4v) is 3.94. The predicted octanol–water partition coefficient (Wildman–Crippen LogP) is -2.93. The standard InChI is InChI=1S/C10H14N5O7P/c11-10-13-7-4(8(17)14-10)12-2-15(7)9-5(16)6-3(21-9)1-20-23(18,19)22-6/h2-7,9,16H,1H2,(H,18,19)(H3,11,13,14,17)/t3?,4?,5-,6-,7?,9-/m1/s1. The summed E-state index contributed by atoms with van der Waals surface area (Å²) in [5, 5.41) is 12.7. The van der Waals surface area contributed by atoms with Crippen molar-refractivity contribution < 1.29 is 33.1 Å². The first-order chi connectivity index (χ1) is 10.9. The minimum Gasteiger partial charge on any atom is -0.386 e. The second-order valence-corrected chi connectivity index (χ2v) is 6.87. The normalized spacial score (nSPS) is 48.7. The third kappa shape index (κ3) is 2.35. The third-order valence-electron chi connectivity index (χ3n) is 4.00. The molecule has 0 aromatic rings. The Kier molecular flexibility index (Phi) is 3.24. The first kappa shape index (κ1) is 15.0. The fourth-order valence-electron chi connectivity index (χ4n) is 2.97. The summed E-state index contributed by atoms with van der Waals surface area (Å²) >= 11 is 0. The van der Waals surface area contributed by atoms with Gasteiger partial charge in [-0.25, -0.2) is 9.56 Å². The van der Waals surface area contributed by atoms with Gasteiger partial charge in [-0.1, -0.05) is 0 Å². The highest BCUT2D eigenvalue weighted by atomic mass is 31.2. The molecule has 5 N–H and O–H groups in total. The van der Waals surface area contributed by atoms with E-state index in [0.717, 1.165) is 0 Å². The molecule has 23 heavy (non-hydrogen) atoms. The predicted molar refractivity (Wildman–Crippen MR) is 73.0 cm³/mol. The molecule has 7 atom stereocenters. The maximum atomic E-state index is 11.8. The van der Waals surface area contributed by atoms with Gasteiger partial charge in [-0.2, -0.15) is 0 Å². The molecule has 4 heterocycles. The smallest absolute Gasteiger partial charge is 0.386 e. The molecule has 126 valence electrons. The number of nitrogens with zero attached hydrogens (tertiary/aromatic N) is 3. The van der Waals surface area contributed by atoms with Crippen molar-refractivity contribution in [3.8, 4) is 0 Å². The van der Waals surface area contributed by atoms with Crippen molar-refractivity contribution in [3.05, 3.63) is 0 Å². The molecule has 0 saturated carbocycles. The molecular formula is C10H14N5O7P. The zero-order valence-corrected chi connectivity index (χ0v) is 12.4. The van der Waals surface area contributed by atoms with Gasteiger partial charge in [-0.3, -0.25) is 24.2 Å². The van der Waals surface area contributed by atoms with E-state index >= 15 is 0 Å². The van der Waals surface area contributed by atoms with E-state index < -0.39 is 50.5 Å². The van der Waals surface area contributed by atoms with Crippen LogP contribution in [0.4, 0.5) is 0 Å². The quantitative estimate of drug-likeness (QED) is 0.363. The highest BCUT2D eigenvalue weighted by Gasteiger charge is 2.56. The van der Waals surface area contributed by atoms with Gasteiger partial charge < -0.3 is 25.4 Å². The molecule has 13 heteroatoms. The summed E-state index contributed by atoms with van der Waals surface area (Å²) in [7, 11) is -4.20. The van der Waals surface area contributed by atoms with Crippen molar-refractivity contribution >= 4 is 26.0 Å². The fraction of sp³-hybridized carbons (Fsp3) is 0.700. The zero-order valence-electron chi connectivity index (χ0n) is 11.6. The Balaban J connectivity index is 1.58. The number of aliphatic hydroxyl groups excluding tert-OH is 1. The van der Waals surface area contributed by atoms with E-state index in [2.05, 4.69) is 19.8 Å². The van der Waals surface area contributed by atoms with E-state index in [1.807, 2.05) is 0 Å². The van der Waals surface area contributed by atoms with Crippen LogP contribution in [0, 0.1) is 0 Å². The molecule has 12 nitrogen and oxygen atoms in total. The third-order valence-corrected chi connectivity index (χ3v) is 4.99. The minimum absolute atomic E-state index is 0.0592. The van der Waals surface area contributed by atoms with Crippen molar-refractivity contribution in [2.75, 3.05) is 6.61 Å². The Morgan fingerprint density at radius 3 is 3.09 bits per heavy atom. The van der Waals surface area contributed by atoms with Gasteiger partial charge in [0, 0.05) is 0 Å². The van der Waals surface area contributed by atoms with Gasteiger partial charge >= 0.3 is 7.82 Å². The maximum Gasteiger partial charge on any atom is 0.472 e. The number of carbonyl (C=O) groups excluding carboxylic acids is 1. The van der Waals surface area contributed by atoms with Gasteiger partial charge in [0.05, 0.1) is 12.9 Å². The van der Waals surface area contributed by atoms with Crippen molar-refractivity contribution in [1.29, 1.82) is 0 Å². The number of aliphatic hydroxyl groups is 1. The molecule has 0 spiro atoms. The summed E-state index contributed by atoms with van der Waals surface area (Å²) in [6.07, 6.45) is -3.40. The molecule has 4 aliphatic rings. The maximum absolute atomic E-state index is 11.8. The number of ether oxygens (including phenoxy) is 1. The Labute approximate surface area is 129 Å². The van der Waals surface area contributed by atoms with Gasteiger partial charge in [-0.15, -0.1) is 0 Å². The van der Waals surface area contributed by atoms with Gasteiger partial charge in [-0.05, 0) is 0 Å². The number of aliphatic imine (C=N–C) groups is 2. The molecule has 0 aromatic carbocycles.